The van der Waals surface area contributed by atoms with Gasteiger partial charge in [-0.1, -0.05) is 31.0 Å². The molecule has 1 unspecified atom stereocenters. The maximum Gasteiger partial charge on any atom is 0.0741 e. The summed E-state index contributed by atoms with van der Waals surface area (Å²) in [7, 11) is 0. The van der Waals surface area contributed by atoms with Crippen LogP contribution in [0.2, 0.25) is 5.02 Å². The molecule has 1 atom stereocenters. The van der Waals surface area contributed by atoms with E-state index in [0.29, 0.717) is 5.02 Å². The molecule has 0 spiro atoms. The van der Waals surface area contributed by atoms with Crippen molar-refractivity contribution < 1.29 is 0 Å². The predicted molar refractivity (Wildman–Crippen MR) is 71.1 cm³/mol. The average Bonchev–Trinajstić information content (AvgIpc) is 2.33. The maximum absolute atomic E-state index is 6.05. The van der Waals surface area contributed by atoms with E-state index in [1.165, 1.54) is 19.3 Å². The highest BCUT2D eigenvalue weighted by Crippen LogP contribution is 2.33. The zero-order valence-corrected chi connectivity index (χ0v) is 10.5. The number of para-hydroxylation sites is 1. The van der Waals surface area contributed by atoms with Gasteiger partial charge in [0.2, 0.25) is 0 Å². The summed E-state index contributed by atoms with van der Waals surface area (Å²) in [5.41, 5.74) is 7.85. The Kier molecular flexibility index (Phi) is 3.59. The molecule has 1 fully saturated rings. The van der Waals surface area contributed by atoms with Crippen molar-refractivity contribution in [3.05, 3.63) is 23.2 Å². The van der Waals surface area contributed by atoms with Crippen LogP contribution in [0.5, 0.6) is 0 Å². The normalized spacial score (nSPS) is 21.1. The number of nitrogens with two attached hydrogens (primary N) is 1. The van der Waals surface area contributed by atoms with Crippen molar-refractivity contribution in [2.24, 2.45) is 5.92 Å². The van der Waals surface area contributed by atoms with Gasteiger partial charge < -0.3 is 10.6 Å². The fourth-order valence-electron chi connectivity index (χ4n) is 2.42. The van der Waals surface area contributed by atoms with Gasteiger partial charge in [0.05, 0.1) is 16.4 Å². The first-order valence-corrected chi connectivity index (χ1v) is 6.39. The van der Waals surface area contributed by atoms with Crippen LogP contribution in [0.3, 0.4) is 0 Å². The number of anilines is 2. The predicted octanol–water partition coefficient (Wildman–Crippen LogP) is 3.55. The van der Waals surface area contributed by atoms with E-state index in [-0.39, 0.29) is 0 Å². The van der Waals surface area contributed by atoms with E-state index < -0.39 is 0 Å². The van der Waals surface area contributed by atoms with Gasteiger partial charge in [-0.2, -0.15) is 0 Å². The number of nitrogens with zero attached hydrogens (tertiary/aromatic N) is 1. The Morgan fingerprint density at radius 3 is 3.06 bits per heavy atom. The van der Waals surface area contributed by atoms with Gasteiger partial charge in [0.25, 0.3) is 0 Å². The standard InChI is InChI=1S/C13H19ClN2/c1-2-10-5-4-8-16(9-10)12-7-3-6-11(14)13(12)15/h3,6-7,10H,2,4-5,8-9,15H2,1H3. The Bertz CT molecular complexity index is 365. The van der Waals surface area contributed by atoms with E-state index in [1.54, 1.807) is 0 Å². The molecular weight excluding hydrogens is 220 g/mol. The number of rotatable bonds is 2. The summed E-state index contributed by atoms with van der Waals surface area (Å²) in [5.74, 6) is 0.798. The Hall–Kier alpha value is -0.890. The average molecular weight is 239 g/mol. The monoisotopic (exact) mass is 238 g/mol. The third-order valence-corrected chi connectivity index (χ3v) is 3.80. The van der Waals surface area contributed by atoms with E-state index in [4.69, 9.17) is 17.3 Å². The molecule has 1 aliphatic heterocycles. The van der Waals surface area contributed by atoms with Crippen molar-refractivity contribution in [1.82, 2.24) is 0 Å². The molecule has 0 saturated carbocycles. The highest BCUT2D eigenvalue weighted by Gasteiger charge is 2.20. The van der Waals surface area contributed by atoms with Gasteiger partial charge >= 0.3 is 0 Å². The third kappa shape index (κ3) is 2.27. The summed E-state index contributed by atoms with van der Waals surface area (Å²) in [6, 6.07) is 5.89. The molecule has 1 aromatic carbocycles. The summed E-state index contributed by atoms with van der Waals surface area (Å²) in [4.78, 5) is 2.37. The molecule has 0 radical (unpaired) electrons. The third-order valence-electron chi connectivity index (χ3n) is 3.47. The van der Waals surface area contributed by atoms with Crippen LogP contribution in [-0.2, 0) is 0 Å². The molecule has 16 heavy (non-hydrogen) atoms. The van der Waals surface area contributed by atoms with Crippen molar-refractivity contribution in [2.45, 2.75) is 26.2 Å². The van der Waals surface area contributed by atoms with Crippen LogP contribution in [0.25, 0.3) is 0 Å². The van der Waals surface area contributed by atoms with Crippen molar-refractivity contribution in [2.75, 3.05) is 23.7 Å². The number of nitrogen functional groups attached to an aromatic ring is 1. The molecule has 3 heteroatoms. The fraction of sp³-hybridized carbons (Fsp3) is 0.538. The summed E-state index contributed by atoms with van der Waals surface area (Å²) < 4.78 is 0. The van der Waals surface area contributed by atoms with Gasteiger partial charge in [0.1, 0.15) is 0 Å². The smallest absolute Gasteiger partial charge is 0.0741 e. The molecule has 2 rings (SSSR count). The lowest BCUT2D eigenvalue weighted by atomic mass is 9.95. The van der Waals surface area contributed by atoms with Crippen LogP contribution in [0.1, 0.15) is 26.2 Å². The van der Waals surface area contributed by atoms with E-state index in [2.05, 4.69) is 17.9 Å². The van der Waals surface area contributed by atoms with Crippen molar-refractivity contribution >= 4 is 23.0 Å². The molecule has 1 aliphatic rings. The maximum atomic E-state index is 6.05. The molecule has 1 saturated heterocycles. The van der Waals surface area contributed by atoms with Crippen LogP contribution >= 0.6 is 11.6 Å². The Balaban J connectivity index is 2.20. The van der Waals surface area contributed by atoms with Gasteiger partial charge in [0.15, 0.2) is 0 Å². The summed E-state index contributed by atoms with van der Waals surface area (Å²) in [5, 5.41) is 0.663. The molecule has 2 nitrogen and oxygen atoms in total. The van der Waals surface area contributed by atoms with Crippen molar-refractivity contribution in [3.8, 4) is 0 Å². The minimum Gasteiger partial charge on any atom is -0.396 e. The number of halogens is 1. The molecule has 88 valence electrons. The quantitative estimate of drug-likeness (QED) is 0.799. The SMILES string of the molecule is CCC1CCCN(c2cccc(Cl)c2N)C1. The highest BCUT2D eigenvalue weighted by atomic mass is 35.5. The zero-order valence-electron chi connectivity index (χ0n) is 9.75. The lowest BCUT2D eigenvalue weighted by molar-refractivity contribution is 0.405. The molecule has 0 bridgehead atoms. The first-order valence-electron chi connectivity index (χ1n) is 6.01. The number of piperidine rings is 1. The van der Waals surface area contributed by atoms with Crippen molar-refractivity contribution in [3.63, 3.8) is 0 Å². The van der Waals surface area contributed by atoms with Gasteiger partial charge in [-0.3, -0.25) is 0 Å². The largest absolute Gasteiger partial charge is 0.396 e. The second-order valence-corrected chi connectivity index (χ2v) is 4.94. The van der Waals surface area contributed by atoms with Gasteiger partial charge in [-0.15, -0.1) is 0 Å². The summed E-state index contributed by atoms with van der Waals surface area (Å²) >= 11 is 6.05. The van der Waals surface area contributed by atoms with Gasteiger partial charge in [-0.05, 0) is 30.9 Å². The summed E-state index contributed by atoms with van der Waals surface area (Å²) in [6.45, 7) is 4.47. The zero-order chi connectivity index (χ0) is 11.5. The minimum atomic E-state index is 0.663. The van der Waals surface area contributed by atoms with Crippen LogP contribution < -0.4 is 10.6 Å². The molecule has 1 heterocycles. The lowest BCUT2D eigenvalue weighted by Crippen LogP contribution is -2.35. The Morgan fingerprint density at radius 2 is 2.31 bits per heavy atom. The fourth-order valence-corrected chi connectivity index (χ4v) is 2.59. The van der Waals surface area contributed by atoms with E-state index in [0.717, 1.165) is 30.4 Å². The minimum absolute atomic E-state index is 0.663. The Morgan fingerprint density at radius 1 is 1.50 bits per heavy atom. The molecule has 1 aromatic rings. The van der Waals surface area contributed by atoms with E-state index in [9.17, 15) is 0 Å². The Labute approximate surface area is 102 Å². The molecular formula is C13H19ClN2. The van der Waals surface area contributed by atoms with Crippen molar-refractivity contribution in [1.29, 1.82) is 0 Å². The number of hydrogen-bond acceptors (Lipinski definition) is 2. The topological polar surface area (TPSA) is 29.3 Å². The van der Waals surface area contributed by atoms with Crippen LogP contribution in [-0.4, -0.2) is 13.1 Å². The molecule has 0 aliphatic carbocycles. The molecule has 0 aromatic heterocycles. The number of hydrogen-bond donors (Lipinski definition) is 1. The van der Waals surface area contributed by atoms with Crippen LogP contribution in [0, 0.1) is 5.92 Å². The van der Waals surface area contributed by atoms with Gasteiger partial charge in [-0.25, -0.2) is 0 Å². The molecule has 0 amide bonds. The lowest BCUT2D eigenvalue weighted by Gasteiger charge is -2.34. The van der Waals surface area contributed by atoms with E-state index >= 15 is 0 Å². The van der Waals surface area contributed by atoms with E-state index in [1.807, 2.05) is 12.1 Å². The van der Waals surface area contributed by atoms with Crippen LogP contribution in [0.4, 0.5) is 11.4 Å². The number of benzene rings is 1. The van der Waals surface area contributed by atoms with Crippen LogP contribution in [0.15, 0.2) is 18.2 Å². The summed E-state index contributed by atoms with van der Waals surface area (Å²) in [6.07, 6.45) is 3.84. The second kappa shape index (κ2) is 4.96. The van der Waals surface area contributed by atoms with Gasteiger partial charge in [0, 0.05) is 13.1 Å². The molecule has 2 N–H and O–H groups in total. The highest BCUT2D eigenvalue weighted by molar-refractivity contribution is 6.33. The first kappa shape index (κ1) is 11.6. The first-order chi connectivity index (χ1) is 7.72. The second-order valence-electron chi connectivity index (χ2n) is 4.54.